The molecular formula is C15H23NO. The van der Waals surface area contributed by atoms with Crippen molar-refractivity contribution in [2.75, 3.05) is 11.4 Å². The summed E-state index contributed by atoms with van der Waals surface area (Å²) in [6, 6.07) is 6.48. The maximum Gasteiger partial charge on any atom is 0.0737 e. The number of aliphatic hydroxyl groups is 1. The van der Waals surface area contributed by atoms with Crippen molar-refractivity contribution in [3.8, 4) is 0 Å². The molecule has 1 fully saturated rings. The van der Waals surface area contributed by atoms with E-state index >= 15 is 0 Å². The molecule has 0 aromatic heterocycles. The van der Waals surface area contributed by atoms with Crippen molar-refractivity contribution < 1.29 is 5.11 Å². The fourth-order valence-electron chi connectivity index (χ4n) is 2.99. The van der Waals surface area contributed by atoms with Gasteiger partial charge in [-0.05, 0) is 44.7 Å². The highest BCUT2D eigenvalue weighted by molar-refractivity contribution is 5.62. The Morgan fingerprint density at radius 3 is 2.65 bits per heavy atom. The van der Waals surface area contributed by atoms with Gasteiger partial charge in [0.05, 0.1) is 6.10 Å². The Kier molecular flexibility index (Phi) is 3.17. The monoisotopic (exact) mass is 233 g/mol. The molecule has 0 radical (unpaired) electrons. The first kappa shape index (κ1) is 12.4. The minimum Gasteiger partial charge on any atom is -0.391 e. The molecule has 1 unspecified atom stereocenters. The summed E-state index contributed by atoms with van der Waals surface area (Å²) in [4.78, 5) is 2.38. The Labute approximate surface area is 104 Å². The van der Waals surface area contributed by atoms with Gasteiger partial charge in [-0.2, -0.15) is 0 Å². The van der Waals surface area contributed by atoms with E-state index in [2.05, 4.69) is 50.8 Å². The molecule has 1 saturated heterocycles. The smallest absolute Gasteiger partial charge is 0.0737 e. The topological polar surface area (TPSA) is 23.5 Å². The molecule has 94 valence electrons. The summed E-state index contributed by atoms with van der Waals surface area (Å²) in [5.74, 6) is 0. The van der Waals surface area contributed by atoms with Crippen molar-refractivity contribution in [2.24, 2.45) is 0 Å². The Balaban J connectivity index is 2.47. The Hall–Kier alpha value is -1.02. The summed E-state index contributed by atoms with van der Waals surface area (Å²) < 4.78 is 0. The van der Waals surface area contributed by atoms with E-state index in [1.165, 1.54) is 16.8 Å². The van der Waals surface area contributed by atoms with E-state index in [4.69, 9.17) is 0 Å². The van der Waals surface area contributed by atoms with Crippen molar-refractivity contribution in [3.63, 3.8) is 0 Å². The van der Waals surface area contributed by atoms with Crippen LogP contribution in [0.25, 0.3) is 0 Å². The van der Waals surface area contributed by atoms with Crippen LogP contribution in [0.5, 0.6) is 0 Å². The van der Waals surface area contributed by atoms with Crippen LogP contribution in [0.2, 0.25) is 0 Å². The van der Waals surface area contributed by atoms with Crippen molar-refractivity contribution in [1.29, 1.82) is 0 Å². The molecule has 0 amide bonds. The second-order valence-electron chi connectivity index (χ2n) is 5.72. The zero-order chi connectivity index (χ0) is 12.6. The predicted octanol–water partition coefficient (Wildman–Crippen LogP) is 2.91. The number of hydrogen-bond acceptors (Lipinski definition) is 2. The predicted molar refractivity (Wildman–Crippen MR) is 72.6 cm³/mol. The van der Waals surface area contributed by atoms with Crippen LogP contribution < -0.4 is 4.90 Å². The number of nitrogens with zero attached hydrogens (tertiary/aromatic N) is 1. The van der Waals surface area contributed by atoms with Gasteiger partial charge in [-0.25, -0.2) is 0 Å². The molecule has 2 nitrogen and oxygen atoms in total. The maximum atomic E-state index is 9.91. The quantitative estimate of drug-likeness (QED) is 0.849. The van der Waals surface area contributed by atoms with E-state index < -0.39 is 0 Å². The molecular weight excluding hydrogens is 210 g/mol. The number of rotatable bonds is 2. The second kappa shape index (κ2) is 4.34. The summed E-state index contributed by atoms with van der Waals surface area (Å²) in [6.07, 6.45) is 1.69. The Morgan fingerprint density at radius 2 is 2.12 bits per heavy atom. The van der Waals surface area contributed by atoms with Gasteiger partial charge in [0.25, 0.3) is 0 Å². The summed E-state index contributed by atoms with van der Waals surface area (Å²) in [7, 11) is 0. The van der Waals surface area contributed by atoms with E-state index in [1.54, 1.807) is 0 Å². The third kappa shape index (κ3) is 2.19. The van der Waals surface area contributed by atoms with Crippen LogP contribution in [0.3, 0.4) is 0 Å². The second-order valence-corrected chi connectivity index (χ2v) is 5.72. The summed E-state index contributed by atoms with van der Waals surface area (Å²) in [5, 5.41) is 9.91. The van der Waals surface area contributed by atoms with E-state index in [-0.39, 0.29) is 11.6 Å². The van der Waals surface area contributed by atoms with Gasteiger partial charge in [0.15, 0.2) is 0 Å². The highest BCUT2D eigenvalue weighted by Gasteiger charge is 2.38. The molecule has 1 heterocycles. The largest absolute Gasteiger partial charge is 0.391 e. The lowest BCUT2D eigenvalue weighted by Crippen LogP contribution is -2.39. The van der Waals surface area contributed by atoms with E-state index in [0.29, 0.717) is 0 Å². The Bertz CT molecular complexity index is 411. The molecule has 0 aliphatic carbocycles. The highest BCUT2D eigenvalue weighted by Crippen LogP contribution is 2.37. The number of aliphatic hydroxyl groups excluding tert-OH is 1. The maximum absolute atomic E-state index is 9.91. The van der Waals surface area contributed by atoms with Crippen LogP contribution in [-0.4, -0.2) is 23.3 Å². The van der Waals surface area contributed by atoms with Crippen LogP contribution in [-0.2, 0) is 6.42 Å². The van der Waals surface area contributed by atoms with Crippen molar-refractivity contribution in [1.82, 2.24) is 0 Å². The summed E-state index contributed by atoms with van der Waals surface area (Å²) in [5.41, 5.74) is 4.07. The van der Waals surface area contributed by atoms with Crippen molar-refractivity contribution >= 4 is 5.69 Å². The van der Waals surface area contributed by atoms with Gasteiger partial charge in [-0.15, -0.1) is 0 Å². The zero-order valence-corrected chi connectivity index (χ0v) is 11.3. The summed E-state index contributed by atoms with van der Waals surface area (Å²) >= 11 is 0. The first-order chi connectivity index (χ1) is 7.95. The zero-order valence-electron chi connectivity index (χ0n) is 11.3. The van der Waals surface area contributed by atoms with Gasteiger partial charge in [-0.3, -0.25) is 0 Å². The third-order valence-corrected chi connectivity index (χ3v) is 3.83. The van der Waals surface area contributed by atoms with E-state index in [0.717, 1.165) is 19.4 Å². The normalized spacial score (nSPS) is 23.1. The number of hydrogen-bond donors (Lipinski definition) is 1. The van der Waals surface area contributed by atoms with Crippen LogP contribution >= 0.6 is 0 Å². The molecule has 1 aromatic carbocycles. The van der Waals surface area contributed by atoms with Crippen LogP contribution in [0.1, 0.15) is 38.3 Å². The molecule has 0 spiro atoms. The van der Waals surface area contributed by atoms with Crippen LogP contribution in [0.15, 0.2) is 18.2 Å². The van der Waals surface area contributed by atoms with E-state index in [1.807, 2.05) is 0 Å². The third-order valence-electron chi connectivity index (χ3n) is 3.83. The molecule has 1 aromatic rings. The number of aryl methyl sites for hydroxylation is 2. The first-order valence-corrected chi connectivity index (χ1v) is 6.50. The van der Waals surface area contributed by atoms with Crippen molar-refractivity contribution in [3.05, 3.63) is 29.3 Å². The van der Waals surface area contributed by atoms with Gasteiger partial charge >= 0.3 is 0 Å². The molecule has 0 bridgehead atoms. The SMILES string of the molecule is CCc1cccc(C)c1N1CC(O)CC1(C)C. The first-order valence-electron chi connectivity index (χ1n) is 6.50. The average Bonchev–Trinajstić information content (AvgIpc) is 2.51. The fourth-order valence-corrected chi connectivity index (χ4v) is 2.99. The van der Waals surface area contributed by atoms with Gasteiger partial charge in [0.1, 0.15) is 0 Å². The van der Waals surface area contributed by atoms with Gasteiger partial charge < -0.3 is 10.0 Å². The van der Waals surface area contributed by atoms with Crippen molar-refractivity contribution in [2.45, 2.75) is 52.2 Å². The molecule has 2 heteroatoms. The molecule has 0 saturated carbocycles. The van der Waals surface area contributed by atoms with E-state index in [9.17, 15) is 5.11 Å². The standard InChI is InChI=1S/C15H23NO/c1-5-12-8-6-7-11(2)14(12)16-10-13(17)9-15(16,3)4/h6-8,13,17H,5,9-10H2,1-4H3. The number of anilines is 1. The lowest BCUT2D eigenvalue weighted by atomic mass is 9.97. The fraction of sp³-hybridized carbons (Fsp3) is 0.600. The molecule has 1 aliphatic heterocycles. The average molecular weight is 233 g/mol. The number of benzene rings is 1. The van der Waals surface area contributed by atoms with Gasteiger partial charge in [0, 0.05) is 17.8 Å². The molecule has 1 aliphatic rings. The van der Waals surface area contributed by atoms with Crippen LogP contribution in [0.4, 0.5) is 5.69 Å². The lowest BCUT2D eigenvalue weighted by molar-refractivity contribution is 0.188. The van der Waals surface area contributed by atoms with Gasteiger partial charge in [-0.1, -0.05) is 25.1 Å². The Morgan fingerprint density at radius 1 is 1.41 bits per heavy atom. The van der Waals surface area contributed by atoms with Gasteiger partial charge in [0.2, 0.25) is 0 Å². The molecule has 1 N–H and O–H groups in total. The number of para-hydroxylation sites is 1. The minimum absolute atomic E-state index is 0.0510. The highest BCUT2D eigenvalue weighted by atomic mass is 16.3. The lowest BCUT2D eigenvalue weighted by Gasteiger charge is -2.36. The summed E-state index contributed by atoms with van der Waals surface area (Å²) in [6.45, 7) is 9.54. The number of β-amino-alcohol motifs (C(OH)–C–C–N with tert-alkyl or cyclic N) is 1. The molecule has 2 rings (SSSR count). The minimum atomic E-state index is -0.200. The molecule has 17 heavy (non-hydrogen) atoms. The molecule has 1 atom stereocenters. The van der Waals surface area contributed by atoms with Crippen LogP contribution in [0, 0.1) is 6.92 Å².